The van der Waals surface area contributed by atoms with Gasteiger partial charge in [0, 0.05) is 31.5 Å². The van der Waals surface area contributed by atoms with Crippen molar-refractivity contribution in [3.8, 4) is 0 Å². The van der Waals surface area contributed by atoms with E-state index in [0.29, 0.717) is 24.4 Å². The Morgan fingerprint density at radius 2 is 1.80 bits per heavy atom. The van der Waals surface area contributed by atoms with Gasteiger partial charge in [0.25, 0.3) is 0 Å². The van der Waals surface area contributed by atoms with Crippen molar-refractivity contribution in [1.82, 2.24) is 10.2 Å². The summed E-state index contributed by atoms with van der Waals surface area (Å²) in [5.74, 6) is -0.769. The summed E-state index contributed by atoms with van der Waals surface area (Å²) in [7, 11) is 0. The molecule has 2 unspecified atom stereocenters. The van der Waals surface area contributed by atoms with Gasteiger partial charge in [-0.15, -0.1) is 0 Å². The molecule has 0 aromatic heterocycles. The van der Waals surface area contributed by atoms with Gasteiger partial charge in [-0.1, -0.05) is 0 Å². The van der Waals surface area contributed by atoms with Crippen LogP contribution in [0.1, 0.15) is 38.5 Å². The Morgan fingerprint density at radius 1 is 1.15 bits per heavy atom. The molecule has 0 aliphatic carbocycles. The molecule has 112 valence electrons. The quantitative estimate of drug-likeness (QED) is 0.675. The zero-order chi connectivity index (χ0) is 14.3. The van der Waals surface area contributed by atoms with E-state index in [0.717, 1.165) is 12.8 Å². The number of amides is 1. The second-order valence-corrected chi connectivity index (χ2v) is 6.47. The molecule has 3 aliphatic rings. The van der Waals surface area contributed by atoms with Crippen LogP contribution >= 0.6 is 0 Å². The second-order valence-electron chi connectivity index (χ2n) is 6.47. The monoisotopic (exact) mass is 282 g/mol. The zero-order valence-electron chi connectivity index (χ0n) is 11.5. The molecular weight excluding hydrogens is 260 g/mol. The average Bonchev–Trinajstić information content (AvgIpc) is 2.93. The number of rotatable bonds is 3. The first-order chi connectivity index (χ1) is 9.52. The highest BCUT2D eigenvalue weighted by Crippen LogP contribution is 2.33. The third-order valence-electron chi connectivity index (χ3n) is 4.92. The molecule has 2 bridgehead atoms. The van der Waals surface area contributed by atoms with Crippen LogP contribution in [0.25, 0.3) is 0 Å². The first-order valence-corrected chi connectivity index (χ1v) is 7.49. The first kappa shape index (κ1) is 13.8. The number of carboxylic acids is 1. The number of piperidine rings is 1. The molecule has 4 atom stereocenters. The van der Waals surface area contributed by atoms with Crippen molar-refractivity contribution in [2.45, 2.75) is 62.8 Å². The van der Waals surface area contributed by atoms with E-state index in [1.807, 2.05) is 0 Å². The molecule has 6 nitrogen and oxygen atoms in total. The largest absolute Gasteiger partial charge is 0.480 e. The van der Waals surface area contributed by atoms with Crippen LogP contribution in [-0.4, -0.2) is 57.8 Å². The van der Waals surface area contributed by atoms with Crippen molar-refractivity contribution in [3.05, 3.63) is 0 Å². The molecule has 0 aromatic rings. The Balaban J connectivity index is 1.60. The summed E-state index contributed by atoms with van der Waals surface area (Å²) in [5, 5.41) is 22.3. The smallest absolute Gasteiger partial charge is 0.326 e. The van der Waals surface area contributed by atoms with Crippen LogP contribution in [-0.2, 0) is 9.59 Å². The van der Waals surface area contributed by atoms with Crippen LogP contribution in [0.5, 0.6) is 0 Å². The van der Waals surface area contributed by atoms with Gasteiger partial charge < -0.3 is 20.4 Å². The predicted octanol–water partition coefficient (Wildman–Crippen LogP) is -0.0465. The highest BCUT2D eigenvalue weighted by molar-refractivity contribution is 5.84. The van der Waals surface area contributed by atoms with E-state index < -0.39 is 18.1 Å². The molecule has 0 aromatic carbocycles. The number of carboxylic acid groups (broad SMARTS) is 1. The molecule has 6 heteroatoms. The highest BCUT2D eigenvalue weighted by atomic mass is 16.4. The van der Waals surface area contributed by atoms with Gasteiger partial charge in [-0.2, -0.15) is 0 Å². The van der Waals surface area contributed by atoms with Gasteiger partial charge in [-0.05, 0) is 31.6 Å². The fourth-order valence-electron chi connectivity index (χ4n) is 4.03. The Morgan fingerprint density at radius 3 is 2.40 bits per heavy atom. The van der Waals surface area contributed by atoms with Crippen molar-refractivity contribution in [3.63, 3.8) is 0 Å². The lowest BCUT2D eigenvalue weighted by atomic mass is 9.89. The topological polar surface area (TPSA) is 89.9 Å². The van der Waals surface area contributed by atoms with Gasteiger partial charge in [0.15, 0.2) is 0 Å². The molecule has 3 heterocycles. The minimum Gasteiger partial charge on any atom is -0.480 e. The van der Waals surface area contributed by atoms with Gasteiger partial charge in [0.2, 0.25) is 5.91 Å². The molecule has 3 saturated heterocycles. The van der Waals surface area contributed by atoms with E-state index in [1.54, 1.807) is 0 Å². The molecule has 3 aliphatic heterocycles. The third kappa shape index (κ3) is 2.67. The number of aliphatic hydroxyl groups is 1. The number of nitrogens with zero attached hydrogens (tertiary/aromatic N) is 1. The number of hydrogen-bond donors (Lipinski definition) is 3. The average molecular weight is 282 g/mol. The lowest BCUT2D eigenvalue weighted by molar-refractivity contribution is -0.148. The minimum atomic E-state index is -1.01. The van der Waals surface area contributed by atoms with Crippen molar-refractivity contribution in [2.24, 2.45) is 5.92 Å². The molecule has 20 heavy (non-hydrogen) atoms. The maximum absolute atomic E-state index is 12.3. The number of aliphatic carboxylic acids is 1. The van der Waals surface area contributed by atoms with Crippen molar-refractivity contribution in [1.29, 1.82) is 0 Å². The number of carbonyl (C=O) groups excluding carboxylic acids is 1. The summed E-state index contributed by atoms with van der Waals surface area (Å²) >= 11 is 0. The molecule has 3 fully saturated rings. The number of fused-ring (bicyclic) bond motifs is 2. The molecule has 0 spiro atoms. The SMILES string of the molecule is O=C(O)[C@H]1C[C@@H](O)CN1C(=O)CC1CC2CCC(C1)N2. The molecule has 0 radical (unpaired) electrons. The van der Waals surface area contributed by atoms with Crippen molar-refractivity contribution < 1.29 is 19.8 Å². The number of likely N-dealkylation sites (tertiary alicyclic amines) is 1. The lowest BCUT2D eigenvalue weighted by Gasteiger charge is -2.30. The van der Waals surface area contributed by atoms with Crippen molar-refractivity contribution in [2.75, 3.05) is 6.54 Å². The summed E-state index contributed by atoms with van der Waals surface area (Å²) < 4.78 is 0. The van der Waals surface area contributed by atoms with Crippen LogP contribution in [0.15, 0.2) is 0 Å². The Labute approximate surface area is 118 Å². The number of nitrogens with one attached hydrogen (secondary N) is 1. The fraction of sp³-hybridized carbons (Fsp3) is 0.857. The fourth-order valence-corrected chi connectivity index (χ4v) is 4.03. The van der Waals surface area contributed by atoms with Crippen LogP contribution in [0.3, 0.4) is 0 Å². The minimum absolute atomic E-state index is 0.111. The van der Waals surface area contributed by atoms with Crippen LogP contribution in [0, 0.1) is 5.92 Å². The normalized spacial score (nSPS) is 40.0. The van der Waals surface area contributed by atoms with Gasteiger partial charge >= 0.3 is 5.97 Å². The van der Waals surface area contributed by atoms with Gasteiger partial charge in [0.05, 0.1) is 6.10 Å². The first-order valence-electron chi connectivity index (χ1n) is 7.49. The maximum atomic E-state index is 12.3. The van der Waals surface area contributed by atoms with E-state index in [2.05, 4.69) is 5.32 Å². The maximum Gasteiger partial charge on any atom is 0.326 e. The Kier molecular flexibility index (Phi) is 3.69. The van der Waals surface area contributed by atoms with E-state index >= 15 is 0 Å². The zero-order valence-corrected chi connectivity index (χ0v) is 11.5. The standard InChI is InChI=1S/C14H22N2O4/c17-11-6-12(14(19)20)16(7-11)13(18)5-8-3-9-1-2-10(4-8)15-9/h8-12,15,17H,1-7H2,(H,19,20)/t8?,9?,10?,11-,12-/m1/s1. The summed E-state index contributed by atoms with van der Waals surface area (Å²) in [6.45, 7) is 0.160. The number of carbonyl (C=O) groups is 2. The van der Waals surface area contributed by atoms with E-state index in [9.17, 15) is 14.7 Å². The lowest BCUT2D eigenvalue weighted by Crippen LogP contribution is -2.43. The number of aliphatic hydroxyl groups excluding tert-OH is 1. The summed E-state index contributed by atoms with van der Waals surface area (Å²) in [6.07, 6.45) is 4.27. The Bertz CT molecular complexity index is 402. The summed E-state index contributed by atoms with van der Waals surface area (Å²) in [4.78, 5) is 24.9. The number of hydrogen-bond acceptors (Lipinski definition) is 4. The van der Waals surface area contributed by atoms with E-state index in [-0.39, 0.29) is 18.9 Å². The molecule has 1 amide bonds. The van der Waals surface area contributed by atoms with Crippen LogP contribution in [0.2, 0.25) is 0 Å². The van der Waals surface area contributed by atoms with Crippen molar-refractivity contribution >= 4 is 11.9 Å². The van der Waals surface area contributed by atoms with E-state index in [1.165, 1.54) is 17.7 Å². The molecule has 3 rings (SSSR count). The van der Waals surface area contributed by atoms with E-state index in [4.69, 9.17) is 5.11 Å². The van der Waals surface area contributed by atoms with Crippen LogP contribution < -0.4 is 5.32 Å². The van der Waals surface area contributed by atoms with Crippen LogP contribution in [0.4, 0.5) is 0 Å². The molecular formula is C14H22N2O4. The summed E-state index contributed by atoms with van der Waals surface area (Å²) in [5.41, 5.74) is 0. The second kappa shape index (κ2) is 5.33. The Hall–Kier alpha value is -1.14. The van der Waals surface area contributed by atoms with Gasteiger partial charge in [-0.3, -0.25) is 4.79 Å². The van der Waals surface area contributed by atoms with Gasteiger partial charge in [-0.25, -0.2) is 4.79 Å². The molecule has 0 saturated carbocycles. The number of β-amino-alcohol motifs (C(OH)–C–C–N with tert-alkyl or cyclic N) is 1. The third-order valence-corrected chi connectivity index (χ3v) is 4.92. The predicted molar refractivity (Wildman–Crippen MR) is 71.0 cm³/mol. The summed E-state index contributed by atoms with van der Waals surface area (Å²) in [6, 6.07) is 0.216. The molecule has 3 N–H and O–H groups in total. The highest BCUT2D eigenvalue weighted by Gasteiger charge is 2.41. The van der Waals surface area contributed by atoms with Gasteiger partial charge in [0.1, 0.15) is 6.04 Å².